The second-order valence-corrected chi connectivity index (χ2v) is 4.57. The molecule has 0 spiro atoms. The Kier molecular flexibility index (Phi) is 3.43. The third-order valence-electron chi connectivity index (χ3n) is 3.37. The molecule has 17 heavy (non-hydrogen) atoms. The quantitative estimate of drug-likeness (QED) is 0.863. The third-order valence-corrected chi connectivity index (χ3v) is 3.37. The maximum atomic E-state index is 12.1. The van der Waals surface area contributed by atoms with E-state index in [0.717, 1.165) is 24.0 Å². The van der Waals surface area contributed by atoms with E-state index in [4.69, 9.17) is 0 Å². The molecule has 0 heterocycles. The lowest BCUT2D eigenvalue weighted by molar-refractivity contribution is -0.140. The van der Waals surface area contributed by atoms with Crippen LogP contribution in [0.5, 0.6) is 0 Å². The summed E-state index contributed by atoms with van der Waals surface area (Å²) in [5.41, 5.74) is 2.17. The van der Waals surface area contributed by atoms with Crippen molar-refractivity contribution in [3.05, 3.63) is 35.4 Å². The van der Waals surface area contributed by atoms with Crippen molar-refractivity contribution in [2.24, 2.45) is 0 Å². The molecule has 2 atom stereocenters. The predicted octanol–water partition coefficient (Wildman–Crippen LogP) is 3.42. The summed E-state index contributed by atoms with van der Waals surface area (Å²) in [5, 5.41) is 9.86. The van der Waals surface area contributed by atoms with E-state index in [2.05, 4.69) is 0 Å². The Morgan fingerprint density at radius 2 is 2.00 bits per heavy atom. The van der Waals surface area contributed by atoms with Gasteiger partial charge in [-0.3, -0.25) is 0 Å². The minimum atomic E-state index is -4.18. The standard InChI is InChI=1S/C13H15F3O/c14-13(15,16)8-7-12(17)11-6-5-9-3-1-2-4-10(9)11/h1-4,11-12,17H,5-8H2. The van der Waals surface area contributed by atoms with Crippen LogP contribution in [0, 0.1) is 0 Å². The van der Waals surface area contributed by atoms with Gasteiger partial charge in [0.15, 0.2) is 0 Å². The fourth-order valence-corrected chi connectivity index (χ4v) is 2.50. The minimum Gasteiger partial charge on any atom is -0.392 e. The topological polar surface area (TPSA) is 20.2 Å². The number of aliphatic hydroxyl groups is 1. The Morgan fingerprint density at radius 3 is 2.71 bits per heavy atom. The van der Waals surface area contributed by atoms with E-state index in [0.29, 0.717) is 0 Å². The Morgan fingerprint density at radius 1 is 1.29 bits per heavy atom. The van der Waals surface area contributed by atoms with E-state index in [1.807, 2.05) is 24.3 Å². The van der Waals surface area contributed by atoms with Crippen LogP contribution < -0.4 is 0 Å². The number of rotatable bonds is 3. The molecular weight excluding hydrogens is 229 g/mol. The molecule has 1 aliphatic rings. The Labute approximate surface area is 98.3 Å². The van der Waals surface area contributed by atoms with Crippen molar-refractivity contribution in [1.29, 1.82) is 0 Å². The summed E-state index contributed by atoms with van der Waals surface area (Å²) in [6, 6.07) is 7.67. The molecule has 1 nitrogen and oxygen atoms in total. The molecule has 0 saturated carbocycles. The lowest BCUT2D eigenvalue weighted by atomic mass is 9.92. The van der Waals surface area contributed by atoms with E-state index in [1.165, 1.54) is 0 Å². The van der Waals surface area contributed by atoms with Gasteiger partial charge in [0.05, 0.1) is 6.10 Å². The zero-order valence-electron chi connectivity index (χ0n) is 9.37. The van der Waals surface area contributed by atoms with E-state index >= 15 is 0 Å². The van der Waals surface area contributed by atoms with Crippen LogP contribution in [-0.2, 0) is 6.42 Å². The first-order valence-corrected chi connectivity index (χ1v) is 5.80. The molecule has 1 N–H and O–H groups in total. The minimum absolute atomic E-state index is 0.131. The highest BCUT2D eigenvalue weighted by Gasteiger charge is 2.33. The maximum absolute atomic E-state index is 12.1. The molecule has 2 rings (SSSR count). The third kappa shape index (κ3) is 3.00. The van der Waals surface area contributed by atoms with Crippen molar-refractivity contribution in [3.63, 3.8) is 0 Å². The summed E-state index contributed by atoms with van der Waals surface area (Å²) < 4.78 is 36.3. The molecule has 0 aliphatic heterocycles. The van der Waals surface area contributed by atoms with Crippen LogP contribution in [-0.4, -0.2) is 17.4 Å². The number of fused-ring (bicyclic) bond motifs is 1. The van der Waals surface area contributed by atoms with Gasteiger partial charge in [-0.2, -0.15) is 13.2 Å². The van der Waals surface area contributed by atoms with Crippen LogP contribution in [0.15, 0.2) is 24.3 Å². The monoisotopic (exact) mass is 244 g/mol. The number of hydrogen-bond donors (Lipinski definition) is 1. The molecular formula is C13H15F3O. The van der Waals surface area contributed by atoms with Gasteiger partial charge >= 0.3 is 6.18 Å². The number of halogens is 3. The van der Waals surface area contributed by atoms with Gasteiger partial charge in [0, 0.05) is 12.3 Å². The van der Waals surface area contributed by atoms with Crippen molar-refractivity contribution in [1.82, 2.24) is 0 Å². The summed E-state index contributed by atoms with van der Waals surface area (Å²) in [5.74, 6) is -0.131. The van der Waals surface area contributed by atoms with Crippen molar-refractivity contribution < 1.29 is 18.3 Å². The van der Waals surface area contributed by atoms with Crippen molar-refractivity contribution in [2.45, 2.75) is 43.9 Å². The summed E-state index contributed by atoms with van der Waals surface area (Å²) in [4.78, 5) is 0. The van der Waals surface area contributed by atoms with Crippen LogP contribution in [0.25, 0.3) is 0 Å². The SMILES string of the molecule is OC(CCC(F)(F)F)C1CCc2ccccc21. The van der Waals surface area contributed by atoms with Crippen LogP contribution >= 0.6 is 0 Å². The molecule has 1 aromatic carbocycles. The first-order valence-electron chi connectivity index (χ1n) is 5.80. The molecule has 0 bridgehead atoms. The fourth-order valence-electron chi connectivity index (χ4n) is 2.50. The van der Waals surface area contributed by atoms with Gasteiger partial charge in [-0.1, -0.05) is 24.3 Å². The van der Waals surface area contributed by atoms with Gasteiger partial charge in [-0.15, -0.1) is 0 Å². The number of alkyl halides is 3. The van der Waals surface area contributed by atoms with E-state index < -0.39 is 18.7 Å². The smallest absolute Gasteiger partial charge is 0.389 e. The van der Waals surface area contributed by atoms with Gasteiger partial charge in [-0.25, -0.2) is 0 Å². The molecule has 4 heteroatoms. The number of aliphatic hydroxyl groups excluding tert-OH is 1. The highest BCUT2D eigenvalue weighted by Crippen LogP contribution is 2.37. The second-order valence-electron chi connectivity index (χ2n) is 4.57. The van der Waals surface area contributed by atoms with Crippen LogP contribution in [0.3, 0.4) is 0 Å². The Bertz CT molecular complexity index is 386. The van der Waals surface area contributed by atoms with Crippen molar-refractivity contribution in [3.8, 4) is 0 Å². The highest BCUT2D eigenvalue weighted by molar-refractivity contribution is 5.35. The molecule has 0 fully saturated rings. The largest absolute Gasteiger partial charge is 0.392 e. The van der Waals surface area contributed by atoms with Gasteiger partial charge < -0.3 is 5.11 Å². The summed E-state index contributed by atoms with van der Waals surface area (Å²) in [6.07, 6.45) is -4.59. The maximum Gasteiger partial charge on any atom is 0.389 e. The lowest BCUT2D eigenvalue weighted by Crippen LogP contribution is -2.20. The summed E-state index contributed by atoms with van der Waals surface area (Å²) in [7, 11) is 0. The predicted molar refractivity (Wildman–Crippen MR) is 58.8 cm³/mol. The zero-order valence-corrected chi connectivity index (χ0v) is 9.37. The van der Waals surface area contributed by atoms with E-state index in [1.54, 1.807) is 0 Å². The Hall–Kier alpha value is -1.03. The van der Waals surface area contributed by atoms with E-state index in [9.17, 15) is 18.3 Å². The lowest BCUT2D eigenvalue weighted by Gasteiger charge is -2.19. The van der Waals surface area contributed by atoms with Crippen molar-refractivity contribution >= 4 is 0 Å². The van der Waals surface area contributed by atoms with Gasteiger partial charge in [0.2, 0.25) is 0 Å². The molecule has 0 aromatic heterocycles. The molecule has 94 valence electrons. The normalized spacial score (nSPS) is 21.3. The first kappa shape index (κ1) is 12.4. The van der Waals surface area contributed by atoms with Crippen LogP contribution in [0.1, 0.15) is 36.3 Å². The Balaban J connectivity index is 2.00. The second kappa shape index (κ2) is 4.69. The van der Waals surface area contributed by atoms with Crippen LogP contribution in [0.4, 0.5) is 13.2 Å². The molecule has 0 radical (unpaired) electrons. The summed E-state index contributed by atoms with van der Waals surface area (Å²) in [6.45, 7) is 0. The zero-order chi connectivity index (χ0) is 12.5. The highest BCUT2D eigenvalue weighted by atomic mass is 19.4. The van der Waals surface area contributed by atoms with Gasteiger partial charge in [0.1, 0.15) is 0 Å². The molecule has 0 amide bonds. The number of hydrogen-bond acceptors (Lipinski definition) is 1. The molecule has 1 aromatic rings. The van der Waals surface area contributed by atoms with E-state index in [-0.39, 0.29) is 12.3 Å². The average molecular weight is 244 g/mol. The summed E-state index contributed by atoms with van der Waals surface area (Å²) >= 11 is 0. The van der Waals surface area contributed by atoms with Crippen molar-refractivity contribution in [2.75, 3.05) is 0 Å². The fraction of sp³-hybridized carbons (Fsp3) is 0.538. The van der Waals surface area contributed by atoms with Gasteiger partial charge in [0.25, 0.3) is 0 Å². The number of aryl methyl sites for hydroxylation is 1. The molecule has 0 saturated heterocycles. The van der Waals surface area contributed by atoms with Gasteiger partial charge in [-0.05, 0) is 30.4 Å². The number of benzene rings is 1. The molecule has 1 aliphatic carbocycles. The molecule has 2 unspecified atom stereocenters. The van der Waals surface area contributed by atoms with Crippen LogP contribution in [0.2, 0.25) is 0 Å². The average Bonchev–Trinajstić information content (AvgIpc) is 2.68. The first-order chi connectivity index (χ1) is 7.97.